The van der Waals surface area contributed by atoms with E-state index in [0.717, 1.165) is 16.7 Å². The third-order valence-corrected chi connectivity index (χ3v) is 1.89. The Morgan fingerprint density at radius 2 is 1.67 bits per heavy atom. The molecule has 0 aliphatic rings. The fraction of sp³-hybridized carbons (Fsp3) is 0.273. The molecule has 0 atom stereocenters. The summed E-state index contributed by atoms with van der Waals surface area (Å²) < 4.78 is 12.8. The van der Waals surface area contributed by atoms with Gasteiger partial charge in [-0.1, -0.05) is 12.2 Å². The molecule has 0 aromatic heterocycles. The second-order valence-electron chi connectivity index (χ2n) is 2.95. The molecule has 0 nitrogen and oxygen atoms in total. The van der Waals surface area contributed by atoms with Gasteiger partial charge in [0.05, 0.1) is 0 Å². The summed E-state index contributed by atoms with van der Waals surface area (Å²) in [6, 6.07) is 3.12. The van der Waals surface area contributed by atoms with E-state index in [-0.39, 0.29) is 5.82 Å². The van der Waals surface area contributed by atoms with Crippen LogP contribution in [0.15, 0.2) is 18.2 Å². The van der Waals surface area contributed by atoms with Gasteiger partial charge in [-0.05, 0) is 49.6 Å². The Hall–Kier alpha value is -1.11. The molecule has 0 N–H and O–H groups in total. The fourth-order valence-electron chi connectivity index (χ4n) is 1.35. The predicted octanol–water partition coefficient (Wildman–Crippen LogP) is 3.48. The molecule has 0 unspecified atom stereocenters. The van der Waals surface area contributed by atoms with Crippen LogP contribution in [0.25, 0.3) is 6.08 Å². The summed E-state index contributed by atoms with van der Waals surface area (Å²) in [5.74, 6) is -0.154. The zero-order chi connectivity index (χ0) is 9.14. The molecule has 1 heteroatoms. The summed E-state index contributed by atoms with van der Waals surface area (Å²) >= 11 is 0. The monoisotopic (exact) mass is 164 g/mol. The SMILES string of the molecule is C/C=C\c1c(C)cc(F)cc1C. The molecular formula is C11H13F. The Balaban J connectivity index is 3.28. The highest BCUT2D eigenvalue weighted by atomic mass is 19.1. The van der Waals surface area contributed by atoms with Crippen LogP contribution in [0.1, 0.15) is 23.6 Å². The van der Waals surface area contributed by atoms with E-state index in [4.69, 9.17) is 0 Å². The first-order chi connectivity index (χ1) is 5.65. The third-order valence-electron chi connectivity index (χ3n) is 1.89. The molecule has 1 aromatic rings. The molecule has 0 spiro atoms. The number of allylic oxidation sites excluding steroid dienone is 1. The van der Waals surface area contributed by atoms with Crippen molar-refractivity contribution in [3.63, 3.8) is 0 Å². The summed E-state index contributed by atoms with van der Waals surface area (Å²) in [7, 11) is 0. The highest BCUT2D eigenvalue weighted by Crippen LogP contribution is 2.17. The van der Waals surface area contributed by atoms with E-state index in [9.17, 15) is 4.39 Å². The molecule has 1 rings (SSSR count). The standard InChI is InChI=1S/C11H13F/c1-4-5-11-8(2)6-10(12)7-9(11)3/h4-7H,1-3H3/b5-4-. The first-order valence-electron chi connectivity index (χ1n) is 4.04. The van der Waals surface area contributed by atoms with Crippen LogP contribution in [-0.4, -0.2) is 0 Å². The zero-order valence-corrected chi connectivity index (χ0v) is 7.69. The molecule has 0 amide bonds. The Labute approximate surface area is 72.7 Å². The Bertz CT molecular complexity index is 288. The number of hydrogen-bond acceptors (Lipinski definition) is 0. The maximum Gasteiger partial charge on any atom is 0.123 e. The minimum atomic E-state index is -0.154. The average molecular weight is 164 g/mol. The number of halogens is 1. The smallest absolute Gasteiger partial charge is 0.123 e. The molecule has 64 valence electrons. The molecule has 0 fully saturated rings. The lowest BCUT2D eigenvalue weighted by atomic mass is 10.0. The van der Waals surface area contributed by atoms with Crippen molar-refractivity contribution in [2.75, 3.05) is 0 Å². The van der Waals surface area contributed by atoms with Gasteiger partial charge in [-0.3, -0.25) is 0 Å². The quantitative estimate of drug-likeness (QED) is 0.596. The molecule has 0 aliphatic carbocycles. The lowest BCUT2D eigenvalue weighted by Crippen LogP contribution is -1.88. The second kappa shape index (κ2) is 3.53. The van der Waals surface area contributed by atoms with Gasteiger partial charge in [0.25, 0.3) is 0 Å². The Kier molecular flexibility index (Phi) is 2.64. The van der Waals surface area contributed by atoms with Crippen molar-refractivity contribution in [2.45, 2.75) is 20.8 Å². The Morgan fingerprint density at radius 3 is 2.08 bits per heavy atom. The van der Waals surface area contributed by atoms with E-state index in [1.54, 1.807) is 12.1 Å². The minimum absolute atomic E-state index is 0.154. The summed E-state index contributed by atoms with van der Waals surface area (Å²) in [6.07, 6.45) is 3.97. The molecule has 0 saturated heterocycles. The van der Waals surface area contributed by atoms with E-state index in [2.05, 4.69) is 0 Å². The highest BCUT2D eigenvalue weighted by Gasteiger charge is 2.00. The lowest BCUT2D eigenvalue weighted by Gasteiger charge is -2.04. The van der Waals surface area contributed by atoms with Crippen molar-refractivity contribution in [2.24, 2.45) is 0 Å². The largest absolute Gasteiger partial charge is 0.207 e. The summed E-state index contributed by atoms with van der Waals surface area (Å²) in [6.45, 7) is 5.80. The van der Waals surface area contributed by atoms with Crippen molar-refractivity contribution in [1.82, 2.24) is 0 Å². The van der Waals surface area contributed by atoms with E-state index in [1.165, 1.54) is 0 Å². The maximum atomic E-state index is 12.8. The van der Waals surface area contributed by atoms with Crippen LogP contribution < -0.4 is 0 Å². The Morgan fingerprint density at radius 1 is 1.17 bits per heavy atom. The maximum absolute atomic E-state index is 12.8. The summed E-state index contributed by atoms with van der Waals surface area (Å²) in [4.78, 5) is 0. The van der Waals surface area contributed by atoms with Gasteiger partial charge >= 0.3 is 0 Å². The van der Waals surface area contributed by atoms with Crippen molar-refractivity contribution in [3.8, 4) is 0 Å². The number of rotatable bonds is 1. The van der Waals surface area contributed by atoms with Gasteiger partial charge in [-0.15, -0.1) is 0 Å². The molecule has 0 radical (unpaired) electrons. The van der Waals surface area contributed by atoms with E-state index in [0.29, 0.717) is 0 Å². The van der Waals surface area contributed by atoms with Crippen LogP contribution >= 0.6 is 0 Å². The van der Waals surface area contributed by atoms with Gasteiger partial charge in [0.15, 0.2) is 0 Å². The van der Waals surface area contributed by atoms with Gasteiger partial charge in [0, 0.05) is 0 Å². The molecular weight excluding hydrogens is 151 g/mol. The fourth-order valence-corrected chi connectivity index (χ4v) is 1.35. The van der Waals surface area contributed by atoms with Gasteiger partial charge in [-0.2, -0.15) is 0 Å². The molecule has 0 bridgehead atoms. The summed E-state index contributed by atoms with van der Waals surface area (Å²) in [5.41, 5.74) is 3.11. The summed E-state index contributed by atoms with van der Waals surface area (Å²) in [5, 5.41) is 0. The number of aryl methyl sites for hydroxylation is 2. The number of benzene rings is 1. The van der Waals surface area contributed by atoms with Gasteiger partial charge < -0.3 is 0 Å². The van der Waals surface area contributed by atoms with Crippen molar-refractivity contribution < 1.29 is 4.39 Å². The molecule has 1 aromatic carbocycles. The van der Waals surface area contributed by atoms with Crippen LogP contribution in [0.4, 0.5) is 4.39 Å². The molecule has 0 heterocycles. The van der Waals surface area contributed by atoms with Crippen LogP contribution in [-0.2, 0) is 0 Å². The van der Waals surface area contributed by atoms with Crippen LogP contribution in [0.5, 0.6) is 0 Å². The van der Waals surface area contributed by atoms with E-state index in [1.807, 2.05) is 32.9 Å². The predicted molar refractivity (Wildman–Crippen MR) is 50.6 cm³/mol. The van der Waals surface area contributed by atoms with E-state index >= 15 is 0 Å². The minimum Gasteiger partial charge on any atom is -0.207 e. The first-order valence-corrected chi connectivity index (χ1v) is 4.04. The second-order valence-corrected chi connectivity index (χ2v) is 2.95. The molecule has 0 aliphatic heterocycles. The van der Waals surface area contributed by atoms with Crippen LogP contribution in [0.3, 0.4) is 0 Å². The van der Waals surface area contributed by atoms with Crippen molar-refractivity contribution >= 4 is 6.08 Å². The molecule has 0 saturated carbocycles. The van der Waals surface area contributed by atoms with Crippen molar-refractivity contribution in [1.29, 1.82) is 0 Å². The van der Waals surface area contributed by atoms with Gasteiger partial charge in [0.1, 0.15) is 5.82 Å². The van der Waals surface area contributed by atoms with Gasteiger partial charge in [0.2, 0.25) is 0 Å². The highest BCUT2D eigenvalue weighted by molar-refractivity contribution is 5.57. The number of hydrogen-bond donors (Lipinski definition) is 0. The topological polar surface area (TPSA) is 0 Å². The van der Waals surface area contributed by atoms with E-state index < -0.39 is 0 Å². The zero-order valence-electron chi connectivity index (χ0n) is 7.69. The lowest BCUT2D eigenvalue weighted by molar-refractivity contribution is 0.625. The first kappa shape index (κ1) is 8.98. The normalized spacial score (nSPS) is 11.0. The average Bonchev–Trinajstić information content (AvgIpc) is 1.96. The van der Waals surface area contributed by atoms with Crippen molar-refractivity contribution in [3.05, 3.63) is 40.7 Å². The third kappa shape index (κ3) is 1.73. The molecule has 12 heavy (non-hydrogen) atoms. The van der Waals surface area contributed by atoms with Crippen LogP contribution in [0.2, 0.25) is 0 Å². The van der Waals surface area contributed by atoms with Crippen LogP contribution in [0, 0.1) is 19.7 Å². The van der Waals surface area contributed by atoms with Gasteiger partial charge in [-0.25, -0.2) is 4.39 Å².